The Morgan fingerprint density at radius 1 is 1.30 bits per heavy atom. The van der Waals surface area contributed by atoms with Crippen LogP contribution < -0.4 is 11.1 Å². The number of amides is 1. The molecule has 20 heavy (non-hydrogen) atoms. The maximum Gasteiger partial charge on any atom is 0.257 e. The average molecular weight is 331 g/mol. The number of carbonyl (C=O) groups excluding carboxylic acids is 1. The van der Waals surface area contributed by atoms with Gasteiger partial charge in [-0.05, 0) is 30.3 Å². The molecule has 0 bridgehead atoms. The van der Waals surface area contributed by atoms with E-state index in [1.807, 2.05) is 18.2 Å². The molecule has 0 aliphatic carbocycles. The second kappa shape index (κ2) is 4.97. The molecule has 0 saturated heterocycles. The lowest BCUT2D eigenvalue weighted by molar-refractivity contribution is 0.102. The van der Waals surface area contributed by atoms with Crippen LogP contribution >= 0.6 is 15.9 Å². The van der Waals surface area contributed by atoms with Crippen LogP contribution in [0.1, 0.15) is 10.4 Å². The van der Waals surface area contributed by atoms with Crippen molar-refractivity contribution in [1.82, 2.24) is 10.2 Å². The number of fused-ring (bicyclic) bond motifs is 1. The van der Waals surface area contributed by atoms with Crippen molar-refractivity contribution in [2.75, 3.05) is 11.1 Å². The molecule has 100 valence electrons. The number of hydrogen-bond acceptors (Lipinski definition) is 3. The zero-order chi connectivity index (χ0) is 14.1. The van der Waals surface area contributed by atoms with E-state index in [1.54, 1.807) is 24.4 Å². The second-order valence-electron chi connectivity index (χ2n) is 4.32. The van der Waals surface area contributed by atoms with Gasteiger partial charge in [0.05, 0.1) is 23.0 Å². The Morgan fingerprint density at radius 2 is 2.15 bits per heavy atom. The number of halogens is 1. The quantitative estimate of drug-likeness (QED) is 0.631. The molecule has 1 amide bonds. The van der Waals surface area contributed by atoms with Gasteiger partial charge in [-0.15, -0.1) is 0 Å². The minimum Gasteiger partial charge on any atom is -0.398 e. The van der Waals surface area contributed by atoms with Crippen LogP contribution in [0.5, 0.6) is 0 Å². The van der Waals surface area contributed by atoms with Gasteiger partial charge in [0.2, 0.25) is 0 Å². The number of nitrogen functional groups attached to an aromatic ring is 1. The normalized spacial score (nSPS) is 10.7. The van der Waals surface area contributed by atoms with Crippen molar-refractivity contribution in [2.45, 2.75) is 0 Å². The Hall–Kier alpha value is -2.34. The van der Waals surface area contributed by atoms with Crippen molar-refractivity contribution in [2.24, 2.45) is 0 Å². The first kappa shape index (κ1) is 12.7. The number of nitrogens with two attached hydrogens (primary N) is 1. The molecule has 4 N–H and O–H groups in total. The predicted octanol–water partition coefficient (Wildman–Crippen LogP) is 3.16. The van der Waals surface area contributed by atoms with Gasteiger partial charge in [-0.2, -0.15) is 5.10 Å². The third kappa shape index (κ3) is 2.25. The number of carbonyl (C=O) groups is 1. The number of hydrogen-bond donors (Lipinski definition) is 3. The zero-order valence-corrected chi connectivity index (χ0v) is 11.9. The van der Waals surface area contributed by atoms with Gasteiger partial charge in [0, 0.05) is 15.5 Å². The Kier molecular flexibility index (Phi) is 3.15. The third-order valence-electron chi connectivity index (χ3n) is 2.99. The molecular formula is C14H11BrN4O. The molecule has 2 aromatic carbocycles. The Labute approximate surface area is 123 Å². The number of nitrogens with zero attached hydrogens (tertiary/aromatic N) is 1. The van der Waals surface area contributed by atoms with Gasteiger partial charge in [0.25, 0.3) is 5.91 Å². The van der Waals surface area contributed by atoms with E-state index in [1.165, 1.54) is 0 Å². The molecule has 1 aromatic heterocycles. The highest BCUT2D eigenvalue weighted by Gasteiger charge is 2.12. The van der Waals surface area contributed by atoms with Crippen LogP contribution in [0.15, 0.2) is 47.1 Å². The maximum atomic E-state index is 12.3. The molecule has 3 rings (SSSR count). The summed E-state index contributed by atoms with van der Waals surface area (Å²) in [5.41, 5.74) is 8.29. The zero-order valence-electron chi connectivity index (χ0n) is 10.4. The summed E-state index contributed by atoms with van der Waals surface area (Å²) >= 11 is 3.32. The van der Waals surface area contributed by atoms with Crippen LogP contribution in [0.4, 0.5) is 11.4 Å². The lowest BCUT2D eigenvalue weighted by atomic mass is 10.1. The van der Waals surface area contributed by atoms with Gasteiger partial charge < -0.3 is 11.1 Å². The Bertz CT molecular complexity index is 797. The summed E-state index contributed by atoms with van der Waals surface area (Å²) in [4.78, 5) is 12.3. The van der Waals surface area contributed by atoms with E-state index in [0.717, 1.165) is 15.4 Å². The van der Waals surface area contributed by atoms with Crippen LogP contribution in [0.25, 0.3) is 10.9 Å². The first-order valence-electron chi connectivity index (χ1n) is 5.93. The second-order valence-corrected chi connectivity index (χ2v) is 5.24. The van der Waals surface area contributed by atoms with E-state index in [-0.39, 0.29) is 5.91 Å². The fourth-order valence-electron chi connectivity index (χ4n) is 2.01. The summed E-state index contributed by atoms with van der Waals surface area (Å²) in [6.07, 6.45) is 1.68. The first-order chi connectivity index (χ1) is 9.65. The topological polar surface area (TPSA) is 83.8 Å². The molecule has 0 aliphatic heterocycles. The highest BCUT2D eigenvalue weighted by atomic mass is 79.9. The van der Waals surface area contributed by atoms with E-state index in [9.17, 15) is 4.79 Å². The summed E-state index contributed by atoms with van der Waals surface area (Å²) < 4.78 is 0.837. The van der Waals surface area contributed by atoms with Crippen LogP contribution in [0, 0.1) is 0 Å². The smallest absolute Gasteiger partial charge is 0.257 e. The van der Waals surface area contributed by atoms with Crippen molar-refractivity contribution in [3.63, 3.8) is 0 Å². The van der Waals surface area contributed by atoms with E-state index < -0.39 is 0 Å². The number of aromatic amines is 1. The van der Waals surface area contributed by atoms with Crippen LogP contribution in [0.2, 0.25) is 0 Å². The highest BCUT2D eigenvalue weighted by molar-refractivity contribution is 9.10. The number of nitrogens with one attached hydrogen (secondary N) is 2. The lowest BCUT2D eigenvalue weighted by Gasteiger charge is -2.08. The van der Waals surface area contributed by atoms with Crippen LogP contribution in [-0.4, -0.2) is 16.1 Å². The molecule has 0 spiro atoms. The van der Waals surface area contributed by atoms with Crippen molar-refractivity contribution < 1.29 is 4.79 Å². The van der Waals surface area contributed by atoms with Gasteiger partial charge in [-0.25, -0.2) is 0 Å². The van der Waals surface area contributed by atoms with Crippen molar-refractivity contribution in [1.29, 1.82) is 0 Å². The number of H-pyrrole nitrogens is 1. The van der Waals surface area contributed by atoms with Gasteiger partial charge in [0.15, 0.2) is 0 Å². The monoisotopic (exact) mass is 330 g/mol. The summed E-state index contributed by atoms with van der Waals surface area (Å²) in [5.74, 6) is -0.247. The van der Waals surface area contributed by atoms with Crippen LogP contribution in [0.3, 0.4) is 0 Å². The SMILES string of the molecule is Nc1cc(Br)ccc1C(=O)Nc1cccc2[nH]ncc12. The van der Waals surface area contributed by atoms with Gasteiger partial charge in [-0.3, -0.25) is 9.89 Å². The molecule has 0 aliphatic rings. The summed E-state index contributed by atoms with van der Waals surface area (Å²) in [6.45, 7) is 0. The van der Waals surface area contributed by atoms with Crippen LogP contribution in [-0.2, 0) is 0 Å². The van der Waals surface area contributed by atoms with Crippen molar-refractivity contribution in [3.8, 4) is 0 Å². The predicted molar refractivity (Wildman–Crippen MR) is 82.6 cm³/mol. The highest BCUT2D eigenvalue weighted by Crippen LogP contribution is 2.23. The molecule has 0 atom stereocenters. The maximum absolute atomic E-state index is 12.3. The molecule has 3 aromatic rings. The Morgan fingerprint density at radius 3 is 2.95 bits per heavy atom. The summed E-state index contributed by atoms with van der Waals surface area (Å²) in [7, 11) is 0. The van der Waals surface area contributed by atoms with E-state index in [0.29, 0.717) is 16.9 Å². The first-order valence-corrected chi connectivity index (χ1v) is 6.73. The molecule has 5 nitrogen and oxygen atoms in total. The summed E-state index contributed by atoms with van der Waals surface area (Å²) in [6, 6.07) is 10.7. The van der Waals surface area contributed by atoms with E-state index in [2.05, 4.69) is 31.4 Å². The van der Waals surface area contributed by atoms with Crippen molar-refractivity contribution in [3.05, 3.63) is 52.6 Å². The largest absolute Gasteiger partial charge is 0.398 e. The van der Waals surface area contributed by atoms with Gasteiger partial charge >= 0.3 is 0 Å². The number of rotatable bonds is 2. The number of benzene rings is 2. The summed E-state index contributed by atoms with van der Waals surface area (Å²) in [5, 5.41) is 10.5. The molecule has 0 unspecified atom stereocenters. The van der Waals surface area contributed by atoms with Gasteiger partial charge in [-0.1, -0.05) is 22.0 Å². The van der Waals surface area contributed by atoms with E-state index >= 15 is 0 Å². The molecule has 6 heteroatoms. The fraction of sp³-hybridized carbons (Fsp3) is 0. The van der Waals surface area contributed by atoms with Gasteiger partial charge in [0.1, 0.15) is 0 Å². The molecule has 0 fully saturated rings. The average Bonchev–Trinajstić information content (AvgIpc) is 2.87. The van der Waals surface area contributed by atoms with Crippen molar-refractivity contribution >= 4 is 44.1 Å². The molecular weight excluding hydrogens is 320 g/mol. The standard InChI is InChI=1S/C14H11BrN4O/c15-8-4-5-9(11(16)6-8)14(20)18-12-2-1-3-13-10(12)7-17-19-13/h1-7H,16H2,(H,17,19)(H,18,20). The minimum absolute atomic E-state index is 0.247. The lowest BCUT2D eigenvalue weighted by Crippen LogP contribution is -2.14. The number of aromatic nitrogens is 2. The number of anilines is 2. The fourth-order valence-corrected chi connectivity index (χ4v) is 2.39. The Balaban J connectivity index is 1.94. The molecule has 1 heterocycles. The molecule has 0 saturated carbocycles. The van der Waals surface area contributed by atoms with E-state index in [4.69, 9.17) is 5.73 Å². The molecule has 0 radical (unpaired) electrons. The third-order valence-corrected chi connectivity index (χ3v) is 3.48. The minimum atomic E-state index is -0.247.